The van der Waals surface area contributed by atoms with Crippen LogP contribution in [0.15, 0.2) is 36.7 Å². The first kappa shape index (κ1) is 22.8. The number of hydrogen-bond acceptors (Lipinski definition) is 6. The van der Waals surface area contributed by atoms with Crippen molar-refractivity contribution in [2.75, 3.05) is 32.1 Å². The summed E-state index contributed by atoms with van der Waals surface area (Å²) in [5, 5.41) is 6.48. The molecule has 1 aromatic heterocycles. The van der Waals surface area contributed by atoms with Crippen LogP contribution >= 0.6 is 11.6 Å². The summed E-state index contributed by atoms with van der Waals surface area (Å²) in [5.41, 5.74) is 0.823. The highest BCUT2D eigenvalue weighted by Crippen LogP contribution is 2.36. The van der Waals surface area contributed by atoms with E-state index < -0.39 is 5.82 Å². The van der Waals surface area contributed by atoms with E-state index >= 15 is 0 Å². The van der Waals surface area contributed by atoms with E-state index in [-0.39, 0.29) is 22.8 Å². The highest BCUT2D eigenvalue weighted by Gasteiger charge is 2.25. The molecule has 1 aliphatic rings. The molecule has 0 radical (unpaired) electrons. The third kappa shape index (κ3) is 5.03. The molecule has 2 N–H and O–H groups in total. The lowest BCUT2D eigenvalue weighted by atomic mass is 10.1. The minimum Gasteiger partial charge on any atom is -0.493 e. The number of piperidine rings is 1. The number of carbonyl (C=O) groups excluding carboxylic acids is 1. The van der Waals surface area contributed by atoms with Gasteiger partial charge >= 0.3 is 6.03 Å². The smallest absolute Gasteiger partial charge is 0.317 e. The second-order valence-electron chi connectivity index (χ2n) is 7.61. The first-order valence-corrected chi connectivity index (χ1v) is 11.1. The summed E-state index contributed by atoms with van der Waals surface area (Å²) in [6, 6.07) is 8.21. The first-order chi connectivity index (χ1) is 16.0. The van der Waals surface area contributed by atoms with E-state index in [4.69, 9.17) is 21.1 Å². The van der Waals surface area contributed by atoms with Crippen LogP contribution in [0.3, 0.4) is 0 Å². The zero-order chi connectivity index (χ0) is 23.4. The average molecular weight is 474 g/mol. The average Bonchev–Trinajstić information content (AvgIpc) is 2.82. The van der Waals surface area contributed by atoms with Gasteiger partial charge in [0.15, 0.2) is 17.3 Å². The number of methoxy groups -OCH3 is 1. The van der Waals surface area contributed by atoms with E-state index in [0.717, 1.165) is 0 Å². The van der Waals surface area contributed by atoms with Crippen LogP contribution in [0.2, 0.25) is 5.02 Å². The fourth-order valence-corrected chi connectivity index (χ4v) is 3.94. The summed E-state index contributed by atoms with van der Waals surface area (Å²) in [5.74, 6) is 0.924. The van der Waals surface area contributed by atoms with Gasteiger partial charge in [0, 0.05) is 43.9 Å². The number of ether oxygens (including phenoxy) is 2. The fraction of sp³-hybridized carbons (Fsp3) is 0.348. The van der Waals surface area contributed by atoms with Crippen LogP contribution in [-0.2, 0) is 0 Å². The van der Waals surface area contributed by atoms with E-state index in [1.54, 1.807) is 36.3 Å². The quantitative estimate of drug-likeness (QED) is 0.537. The van der Waals surface area contributed by atoms with Crippen molar-refractivity contribution >= 4 is 40.0 Å². The molecule has 1 saturated heterocycles. The number of rotatable bonds is 6. The minimum atomic E-state index is -0.560. The zero-order valence-corrected chi connectivity index (χ0v) is 19.2. The lowest BCUT2D eigenvalue weighted by Crippen LogP contribution is -2.46. The van der Waals surface area contributed by atoms with E-state index in [0.29, 0.717) is 60.7 Å². The number of carbonyl (C=O) groups is 1. The Morgan fingerprint density at radius 1 is 1.24 bits per heavy atom. The number of urea groups is 1. The minimum absolute atomic E-state index is 0.0167. The Bertz CT molecular complexity index is 1150. The molecule has 2 heterocycles. The molecule has 3 aromatic rings. The van der Waals surface area contributed by atoms with E-state index in [2.05, 4.69) is 20.6 Å². The van der Waals surface area contributed by atoms with Gasteiger partial charge < -0.3 is 25.0 Å². The Balaban J connectivity index is 1.58. The van der Waals surface area contributed by atoms with Crippen LogP contribution in [0.5, 0.6) is 11.5 Å². The molecular weight excluding hydrogens is 449 g/mol. The summed E-state index contributed by atoms with van der Waals surface area (Å²) in [6.07, 6.45) is 2.71. The van der Waals surface area contributed by atoms with Crippen LogP contribution in [-0.4, -0.2) is 53.7 Å². The second-order valence-corrected chi connectivity index (χ2v) is 8.02. The summed E-state index contributed by atoms with van der Waals surface area (Å²) < 4.78 is 26.2. The Labute approximate surface area is 196 Å². The molecule has 0 atom stereocenters. The summed E-state index contributed by atoms with van der Waals surface area (Å²) in [7, 11) is 1.56. The molecule has 0 unspecified atom stereocenters. The van der Waals surface area contributed by atoms with Gasteiger partial charge in [-0.3, -0.25) is 0 Å². The Kier molecular flexibility index (Phi) is 6.98. The van der Waals surface area contributed by atoms with E-state index in [9.17, 15) is 9.18 Å². The summed E-state index contributed by atoms with van der Waals surface area (Å²) in [4.78, 5) is 22.4. The molecule has 0 saturated carbocycles. The predicted octanol–water partition coefficient (Wildman–Crippen LogP) is 4.75. The van der Waals surface area contributed by atoms with Gasteiger partial charge in [-0.2, -0.15) is 0 Å². The molecule has 0 bridgehead atoms. The molecule has 10 heteroatoms. The van der Waals surface area contributed by atoms with Crippen LogP contribution in [0.25, 0.3) is 10.9 Å². The number of nitrogens with zero attached hydrogens (tertiary/aromatic N) is 3. The van der Waals surface area contributed by atoms with Crippen molar-refractivity contribution < 1.29 is 18.7 Å². The van der Waals surface area contributed by atoms with Gasteiger partial charge in [0.25, 0.3) is 0 Å². The van der Waals surface area contributed by atoms with Gasteiger partial charge in [0.05, 0.1) is 23.3 Å². The normalized spacial score (nSPS) is 14.2. The topological polar surface area (TPSA) is 88.6 Å². The summed E-state index contributed by atoms with van der Waals surface area (Å²) in [6.45, 7) is 3.71. The maximum Gasteiger partial charge on any atom is 0.317 e. The number of halogens is 2. The fourth-order valence-electron chi connectivity index (χ4n) is 3.76. The zero-order valence-electron chi connectivity index (χ0n) is 18.4. The molecule has 0 spiro atoms. The first-order valence-electron chi connectivity index (χ1n) is 10.7. The maximum atomic E-state index is 14.4. The second kappa shape index (κ2) is 10.1. The van der Waals surface area contributed by atoms with Crippen molar-refractivity contribution in [2.45, 2.75) is 25.9 Å². The number of fused-ring (bicyclic) bond motifs is 1. The van der Waals surface area contributed by atoms with Crippen LogP contribution in [0.4, 0.5) is 20.7 Å². The molecule has 2 amide bonds. The molecule has 8 nitrogen and oxygen atoms in total. The highest BCUT2D eigenvalue weighted by molar-refractivity contribution is 6.31. The van der Waals surface area contributed by atoms with E-state index in [1.807, 2.05) is 6.92 Å². The Morgan fingerprint density at radius 2 is 2.03 bits per heavy atom. The number of amides is 2. The van der Waals surface area contributed by atoms with Crippen LogP contribution < -0.4 is 20.1 Å². The van der Waals surface area contributed by atoms with Gasteiger partial charge in [-0.15, -0.1) is 0 Å². The number of likely N-dealkylation sites (tertiary alicyclic amines) is 1. The van der Waals surface area contributed by atoms with Crippen molar-refractivity contribution in [2.24, 2.45) is 0 Å². The van der Waals surface area contributed by atoms with Gasteiger partial charge in [-0.1, -0.05) is 17.7 Å². The molecule has 1 fully saturated rings. The molecule has 1 aliphatic heterocycles. The van der Waals surface area contributed by atoms with E-state index in [1.165, 1.54) is 12.4 Å². The molecule has 4 rings (SSSR count). The molecule has 174 valence electrons. The maximum absolute atomic E-state index is 14.4. The molecule has 2 aromatic carbocycles. The number of anilines is 2. The molecule has 33 heavy (non-hydrogen) atoms. The summed E-state index contributed by atoms with van der Waals surface area (Å²) >= 11 is 5.91. The number of aromatic nitrogens is 2. The SMILES string of the molecule is CCNC(=O)N1CCC(Oc2cc3c(Nc4cccc(Cl)c4F)ncnc3cc2OC)CC1. The number of benzene rings is 2. The Hall–Kier alpha value is -3.33. The third-order valence-corrected chi connectivity index (χ3v) is 5.77. The monoisotopic (exact) mass is 473 g/mol. The molecular formula is C23H25ClFN5O3. The predicted molar refractivity (Wildman–Crippen MR) is 125 cm³/mol. The van der Waals surface area contributed by atoms with Crippen LogP contribution in [0.1, 0.15) is 19.8 Å². The highest BCUT2D eigenvalue weighted by atomic mass is 35.5. The van der Waals surface area contributed by atoms with Crippen molar-refractivity contribution in [3.05, 3.63) is 47.5 Å². The van der Waals surface area contributed by atoms with Crippen molar-refractivity contribution in [1.29, 1.82) is 0 Å². The number of nitrogens with one attached hydrogen (secondary N) is 2. The Morgan fingerprint density at radius 3 is 2.76 bits per heavy atom. The van der Waals surface area contributed by atoms with Gasteiger partial charge in [0.2, 0.25) is 0 Å². The van der Waals surface area contributed by atoms with Crippen molar-refractivity contribution in [3.63, 3.8) is 0 Å². The standard InChI is InChI=1S/C23H25ClFN5O3/c1-3-26-23(31)30-9-7-14(8-10-30)33-20-11-15-18(12-19(20)32-2)27-13-28-22(15)29-17-6-4-5-16(24)21(17)25/h4-6,11-14H,3,7-10H2,1-2H3,(H,26,31)(H,27,28,29). The lowest BCUT2D eigenvalue weighted by Gasteiger charge is -2.32. The number of hydrogen-bond donors (Lipinski definition) is 2. The largest absolute Gasteiger partial charge is 0.493 e. The third-order valence-electron chi connectivity index (χ3n) is 5.48. The van der Waals surface area contributed by atoms with Crippen LogP contribution in [0, 0.1) is 5.82 Å². The van der Waals surface area contributed by atoms with Gasteiger partial charge in [-0.25, -0.2) is 19.2 Å². The lowest BCUT2D eigenvalue weighted by molar-refractivity contribution is 0.109. The van der Waals surface area contributed by atoms with Gasteiger partial charge in [-0.05, 0) is 25.1 Å². The van der Waals surface area contributed by atoms with Gasteiger partial charge in [0.1, 0.15) is 18.2 Å². The van der Waals surface area contributed by atoms with Crippen molar-refractivity contribution in [1.82, 2.24) is 20.2 Å². The van der Waals surface area contributed by atoms with Crippen molar-refractivity contribution in [3.8, 4) is 11.5 Å². The molecule has 0 aliphatic carbocycles.